The SMILES string of the molecule is CCO[Si](OCC)(OCC)C(N)CCCN. The minimum absolute atomic E-state index is 0.184. The molecule has 1 unspecified atom stereocenters. The molecule has 0 saturated carbocycles. The Bertz CT molecular complexity index is 155. The molecule has 0 bridgehead atoms. The van der Waals surface area contributed by atoms with Crippen molar-refractivity contribution in [1.82, 2.24) is 0 Å². The summed E-state index contributed by atoms with van der Waals surface area (Å²) in [6, 6.07) is 0. The molecule has 0 rings (SSSR count). The second kappa shape index (κ2) is 9.09. The predicted octanol–water partition coefficient (Wildman–Crippen LogP) is 0.640. The fourth-order valence-electron chi connectivity index (χ4n) is 1.56. The van der Waals surface area contributed by atoms with Crippen LogP contribution in [0.25, 0.3) is 0 Å². The molecule has 16 heavy (non-hydrogen) atoms. The molecular formula is C10H26N2O3Si. The summed E-state index contributed by atoms with van der Waals surface area (Å²) in [5.41, 5.74) is 11.4. The maximum atomic E-state index is 6.13. The molecule has 0 spiro atoms. The van der Waals surface area contributed by atoms with Crippen LogP contribution in [0.4, 0.5) is 0 Å². The van der Waals surface area contributed by atoms with E-state index >= 15 is 0 Å². The summed E-state index contributed by atoms with van der Waals surface area (Å²) in [6.45, 7) is 8.08. The van der Waals surface area contributed by atoms with Crippen LogP contribution in [0.2, 0.25) is 0 Å². The molecule has 0 aliphatic rings. The molecule has 0 aromatic rings. The molecular weight excluding hydrogens is 224 g/mol. The summed E-state index contributed by atoms with van der Waals surface area (Å²) in [7, 11) is -2.71. The van der Waals surface area contributed by atoms with Gasteiger partial charge in [0.2, 0.25) is 0 Å². The van der Waals surface area contributed by atoms with Gasteiger partial charge in [-0.1, -0.05) is 0 Å². The molecule has 6 heteroatoms. The van der Waals surface area contributed by atoms with Crippen molar-refractivity contribution >= 4 is 8.80 Å². The van der Waals surface area contributed by atoms with E-state index in [1.807, 2.05) is 20.8 Å². The van der Waals surface area contributed by atoms with Gasteiger partial charge in [-0.3, -0.25) is 0 Å². The minimum atomic E-state index is -2.71. The zero-order chi connectivity index (χ0) is 12.4. The minimum Gasteiger partial charge on any atom is -0.373 e. The lowest BCUT2D eigenvalue weighted by molar-refractivity contribution is 0.0612. The van der Waals surface area contributed by atoms with E-state index in [1.165, 1.54) is 0 Å². The van der Waals surface area contributed by atoms with E-state index in [0.717, 1.165) is 12.8 Å². The van der Waals surface area contributed by atoms with Gasteiger partial charge < -0.3 is 24.7 Å². The Hall–Kier alpha value is 0.0169. The van der Waals surface area contributed by atoms with Gasteiger partial charge in [0.05, 0.1) is 5.67 Å². The van der Waals surface area contributed by atoms with E-state index in [4.69, 9.17) is 24.7 Å². The Morgan fingerprint density at radius 3 is 1.75 bits per heavy atom. The molecule has 0 fully saturated rings. The van der Waals surface area contributed by atoms with Gasteiger partial charge in [0, 0.05) is 19.8 Å². The molecule has 98 valence electrons. The van der Waals surface area contributed by atoms with Gasteiger partial charge in [0.15, 0.2) is 0 Å². The second-order valence-corrected chi connectivity index (χ2v) is 6.25. The van der Waals surface area contributed by atoms with Gasteiger partial charge in [-0.25, -0.2) is 0 Å². The monoisotopic (exact) mass is 250 g/mol. The summed E-state index contributed by atoms with van der Waals surface area (Å²) < 4.78 is 17.1. The Morgan fingerprint density at radius 2 is 1.44 bits per heavy atom. The number of rotatable bonds is 10. The van der Waals surface area contributed by atoms with Crippen molar-refractivity contribution in [3.8, 4) is 0 Å². The first-order chi connectivity index (χ1) is 7.66. The summed E-state index contributed by atoms with van der Waals surface area (Å²) in [5, 5.41) is 0. The van der Waals surface area contributed by atoms with E-state index < -0.39 is 8.80 Å². The van der Waals surface area contributed by atoms with Crippen LogP contribution in [0.5, 0.6) is 0 Å². The molecule has 0 saturated heterocycles. The molecule has 0 heterocycles. The van der Waals surface area contributed by atoms with Crippen LogP contribution in [0.3, 0.4) is 0 Å². The van der Waals surface area contributed by atoms with Gasteiger partial charge in [0.25, 0.3) is 0 Å². The highest BCUT2D eigenvalue weighted by Crippen LogP contribution is 2.17. The third kappa shape index (κ3) is 4.90. The standard InChI is InChI=1S/C10H26N2O3Si/c1-4-13-16(14-5-2,15-6-3)10(12)8-7-9-11/h10H,4-9,11-12H2,1-3H3. The Kier molecular flexibility index (Phi) is 9.10. The first kappa shape index (κ1) is 16.0. The Labute approximate surface area is 99.8 Å². The lowest BCUT2D eigenvalue weighted by Gasteiger charge is -2.33. The molecule has 0 aromatic carbocycles. The van der Waals surface area contributed by atoms with Gasteiger partial charge in [-0.15, -0.1) is 0 Å². The second-order valence-electron chi connectivity index (χ2n) is 3.44. The van der Waals surface area contributed by atoms with Crippen molar-refractivity contribution in [2.24, 2.45) is 11.5 Å². The van der Waals surface area contributed by atoms with Crippen LogP contribution < -0.4 is 11.5 Å². The summed E-state index contributed by atoms with van der Waals surface area (Å²) in [5.74, 6) is 0. The summed E-state index contributed by atoms with van der Waals surface area (Å²) >= 11 is 0. The summed E-state index contributed by atoms with van der Waals surface area (Å²) in [4.78, 5) is 0. The normalized spacial score (nSPS) is 14.1. The van der Waals surface area contributed by atoms with Crippen LogP contribution in [0.15, 0.2) is 0 Å². The van der Waals surface area contributed by atoms with Gasteiger partial charge in [-0.05, 0) is 40.2 Å². The van der Waals surface area contributed by atoms with E-state index in [-0.39, 0.29) is 5.67 Å². The lowest BCUT2D eigenvalue weighted by atomic mass is 10.3. The van der Waals surface area contributed by atoms with Crippen molar-refractivity contribution in [3.63, 3.8) is 0 Å². The highest BCUT2D eigenvalue weighted by atomic mass is 28.4. The number of nitrogens with two attached hydrogens (primary N) is 2. The van der Waals surface area contributed by atoms with E-state index in [0.29, 0.717) is 26.4 Å². The third-order valence-electron chi connectivity index (χ3n) is 2.21. The van der Waals surface area contributed by atoms with Crippen molar-refractivity contribution in [2.75, 3.05) is 26.4 Å². The largest absolute Gasteiger partial charge is 0.518 e. The molecule has 0 aromatic heterocycles. The third-order valence-corrected chi connectivity index (χ3v) is 5.48. The lowest BCUT2D eigenvalue weighted by Crippen LogP contribution is -2.60. The van der Waals surface area contributed by atoms with Crippen molar-refractivity contribution in [2.45, 2.75) is 39.3 Å². The highest BCUT2D eigenvalue weighted by Gasteiger charge is 2.46. The van der Waals surface area contributed by atoms with Crippen molar-refractivity contribution < 1.29 is 13.3 Å². The van der Waals surface area contributed by atoms with E-state index in [2.05, 4.69) is 0 Å². The topological polar surface area (TPSA) is 79.7 Å². The average Bonchev–Trinajstić information content (AvgIpc) is 2.26. The fourth-order valence-corrected chi connectivity index (χ4v) is 4.22. The van der Waals surface area contributed by atoms with Crippen LogP contribution in [-0.2, 0) is 13.3 Å². The summed E-state index contributed by atoms with van der Waals surface area (Å²) in [6.07, 6.45) is 1.64. The van der Waals surface area contributed by atoms with Crippen LogP contribution in [0, 0.1) is 0 Å². The number of hydrogen-bond acceptors (Lipinski definition) is 5. The van der Waals surface area contributed by atoms with Crippen LogP contribution >= 0.6 is 0 Å². The maximum absolute atomic E-state index is 6.13. The molecule has 0 aliphatic heterocycles. The molecule has 5 nitrogen and oxygen atoms in total. The smallest absolute Gasteiger partial charge is 0.373 e. The maximum Gasteiger partial charge on any atom is 0.518 e. The number of hydrogen-bond donors (Lipinski definition) is 2. The van der Waals surface area contributed by atoms with Crippen LogP contribution in [0.1, 0.15) is 33.6 Å². The quantitative estimate of drug-likeness (QED) is 0.556. The molecule has 0 aliphatic carbocycles. The Balaban J connectivity index is 4.54. The Morgan fingerprint density at radius 1 is 1.00 bits per heavy atom. The van der Waals surface area contributed by atoms with Gasteiger partial charge >= 0.3 is 8.80 Å². The average molecular weight is 250 g/mol. The zero-order valence-electron chi connectivity index (χ0n) is 10.7. The fraction of sp³-hybridized carbons (Fsp3) is 1.00. The molecule has 1 atom stereocenters. The first-order valence-electron chi connectivity index (χ1n) is 6.04. The molecule has 4 N–H and O–H groups in total. The first-order valence-corrected chi connectivity index (χ1v) is 7.84. The van der Waals surface area contributed by atoms with Gasteiger partial charge in [0.1, 0.15) is 0 Å². The predicted molar refractivity (Wildman–Crippen MR) is 66.9 cm³/mol. The van der Waals surface area contributed by atoms with Crippen molar-refractivity contribution in [3.05, 3.63) is 0 Å². The van der Waals surface area contributed by atoms with E-state index in [9.17, 15) is 0 Å². The van der Waals surface area contributed by atoms with Crippen molar-refractivity contribution in [1.29, 1.82) is 0 Å². The van der Waals surface area contributed by atoms with Crippen LogP contribution in [-0.4, -0.2) is 40.8 Å². The van der Waals surface area contributed by atoms with Gasteiger partial charge in [-0.2, -0.15) is 0 Å². The molecule has 0 amide bonds. The highest BCUT2D eigenvalue weighted by molar-refractivity contribution is 6.62. The zero-order valence-corrected chi connectivity index (χ0v) is 11.7. The molecule has 0 radical (unpaired) electrons. The van der Waals surface area contributed by atoms with E-state index in [1.54, 1.807) is 0 Å².